The quantitative estimate of drug-likeness (QED) is 0.432. The van der Waals surface area contributed by atoms with Crippen molar-refractivity contribution in [3.8, 4) is 0 Å². The summed E-state index contributed by atoms with van der Waals surface area (Å²) in [6.07, 6.45) is -4.33. The van der Waals surface area contributed by atoms with Gasteiger partial charge in [-0.25, -0.2) is 0 Å². The minimum atomic E-state index is -1.50. The van der Waals surface area contributed by atoms with Crippen LogP contribution in [-0.2, 0) is 9.47 Å². The van der Waals surface area contributed by atoms with Crippen molar-refractivity contribution in [1.29, 1.82) is 0 Å². The Morgan fingerprint density at radius 2 is 1.87 bits per heavy atom. The molecular weight excluding hydrogens is 304 g/mol. The summed E-state index contributed by atoms with van der Waals surface area (Å²) in [5, 5.41) is 49.3. The molecule has 1 aliphatic carbocycles. The van der Waals surface area contributed by atoms with Gasteiger partial charge in [0.1, 0.15) is 30.0 Å². The lowest BCUT2D eigenvalue weighted by Gasteiger charge is -2.45. The first-order chi connectivity index (χ1) is 10.7. The molecule has 1 heterocycles. The third kappa shape index (κ3) is 3.76. The third-order valence-corrected chi connectivity index (χ3v) is 4.80. The van der Waals surface area contributed by atoms with Crippen LogP contribution in [0.4, 0.5) is 0 Å². The first-order valence-corrected chi connectivity index (χ1v) is 8.07. The minimum absolute atomic E-state index is 0.306. The fraction of sp³-hybridized carbons (Fsp3) is 0.875. The van der Waals surface area contributed by atoms with Crippen molar-refractivity contribution >= 4 is 0 Å². The van der Waals surface area contributed by atoms with Crippen molar-refractivity contribution in [3.63, 3.8) is 0 Å². The van der Waals surface area contributed by atoms with Crippen LogP contribution < -0.4 is 0 Å². The second-order valence-electron chi connectivity index (χ2n) is 6.93. The van der Waals surface area contributed by atoms with Crippen molar-refractivity contribution in [2.24, 2.45) is 5.92 Å². The Morgan fingerprint density at radius 3 is 2.43 bits per heavy atom. The van der Waals surface area contributed by atoms with Crippen molar-refractivity contribution in [1.82, 2.24) is 0 Å². The third-order valence-electron chi connectivity index (χ3n) is 4.80. The van der Waals surface area contributed by atoms with Crippen LogP contribution in [0.1, 0.15) is 33.6 Å². The zero-order chi connectivity index (χ0) is 17.4. The number of hydrogen-bond donors (Lipinski definition) is 5. The van der Waals surface area contributed by atoms with Gasteiger partial charge in [-0.15, -0.1) is 0 Å². The van der Waals surface area contributed by atoms with E-state index < -0.39 is 49.0 Å². The summed E-state index contributed by atoms with van der Waals surface area (Å²) in [7, 11) is 0. The standard InChI is InChI=1S/C16H28O7/c1-8(2)9-4-5-11(18)16(3,6-9)23-15-14(21)13(20)12(19)10(7-17)22-15/h6,8,10-15,17-21H,4-5,7H2,1-3H3/t10-,11-,12-,13+,14-,15+,16+/m1/s1. The lowest BCUT2D eigenvalue weighted by molar-refractivity contribution is -0.327. The Bertz CT molecular complexity index is 436. The molecule has 0 saturated carbocycles. The van der Waals surface area contributed by atoms with Crippen LogP contribution in [0.25, 0.3) is 0 Å². The van der Waals surface area contributed by atoms with E-state index in [1.807, 2.05) is 6.08 Å². The molecule has 0 aromatic rings. The number of rotatable bonds is 4. The summed E-state index contributed by atoms with van der Waals surface area (Å²) >= 11 is 0. The van der Waals surface area contributed by atoms with E-state index in [0.29, 0.717) is 12.3 Å². The van der Waals surface area contributed by atoms with Crippen molar-refractivity contribution in [2.45, 2.75) is 76.0 Å². The monoisotopic (exact) mass is 332 g/mol. The Labute approximate surface area is 136 Å². The smallest absolute Gasteiger partial charge is 0.187 e. The minimum Gasteiger partial charge on any atom is -0.394 e. The molecule has 0 radical (unpaired) electrons. The molecule has 1 aliphatic heterocycles. The summed E-state index contributed by atoms with van der Waals surface area (Å²) < 4.78 is 11.2. The molecule has 23 heavy (non-hydrogen) atoms. The second-order valence-corrected chi connectivity index (χ2v) is 6.93. The molecule has 2 rings (SSSR count). The van der Waals surface area contributed by atoms with Gasteiger partial charge in [0, 0.05) is 0 Å². The van der Waals surface area contributed by atoms with Gasteiger partial charge in [-0.2, -0.15) is 0 Å². The summed E-state index contributed by atoms with van der Waals surface area (Å²) in [4.78, 5) is 0. The Kier molecular flexibility index (Phi) is 5.84. The van der Waals surface area contributed by atoms with Crippen molar-refractivity contribution in [2.75, 3.05) is 6.61 Å². The van der Waals surface area contributed by atoms with E-state index in [9.17, 15) is 25.5 Å². The first kappa shape index (κ1) is 18.8. The molecule has 0 spiro atoms. The lowest BCUT2D eigenvalue weighted by atomic mass is 9.81. The van der Waals surface area contributed by atoms with Crippen LogP contribution in [0, 0.1) is 5.92 Å². The molecular formula is C16H28O7. The molecule has 7 heteroatoms. The van der Waals surface area contributed by atoms with Crippen LogP contribution in [0.2, 0.25) is 0 Å². The van der Waals surface area contributed by atoms with Crippen LogP contribution in [0.5, 0.6) is 0 Å². The van der Waals surface area contributed by atoms with E-state index in [-0.39, 0.29) is 0 Å². The van der Waals surface area contributed by atoms with Crippen LogP contribution in [0.3, 0.4) is 0 Å². The highest BCUT2D eigenvalue weighted by atomic mass is 16.7. The topological polar surface area (TPSA) is 120 Å². The molecule has 134 valence electrons. The first-order valence-electron chi connectivity index (χ1n) is 8.07. The molecule has 0 unspecified atom stereocenters. The molecule has 2 aliphatic rings. The maximum atomic E-state index is 10.3. The average Bonchev–Trinajstić information content (AvgIpc) is 2.50. The second kappa shape index (κ2) is 7.14. The molecule has 7 nitrogen and oxygen atoms in total. The van der Waals surface area contributed by atoms with E-state index >= 15 is 0 Å². The van der Waals surface area contributed by atoms with Crippen LogP contribution in [-0.4, -0.2) is 74.6 Å². The van der Waals surface area contributed by atoms with E-state index in [0.717, 1.165) is 12.0 Å². The molecule has 0 amide bonds. The molecule has 5 N–H and O–H groups in total. The Morgan fingerprint density at radius 1 is 1.22 bits per heavy atom. The molecule has 0 aromatic heterocycles. The fourth-order valence-electron chi connectivity index (χ4n) is 3.11. The van der Waals surface area contributed by atoms with Gasteiger partial charge >= 0.3 is 0 Å². The molecule has 0 bridgehead atoms. The lowest BCUT2D eigenvalue weighted by Crippen LogP contribution is -2.61. The van der Waals surface area contributed by atoms with Gasteiger partial charge in [0.25, 0.3) is 0 Å². The average molecular weight is 332 g/mol. The number of aliphatic hydroxyl groups is 5. The van der Waals surface area contributed by atoms with Crippen molar-refractivity contribution < 1.29 is 35.0 Å². The molecule has 1 fully saturated rings. The van der Waals surface area contributed by atoms with Gasteiger partial charge in [-0.05, 0) is 25.7 Å². The van der Waals surface area contributed by atoms with Gasteiger partial charge in [-0.3, -0.25) is 0 Å². The molecule has 0 aromatic carbocycles. The number of ether oxygens (including phenoxy) is 2. The summed E-state index contributed by atoms with van der Waals surface area (Å²) in [5.74, 6) is 0.306. The van der Waals surface area contributed by atoms with Gasteiger partial charge in [0.2, 0.25) is 0 Å². The van der Waals surface area contributed by atoms with E-state index in [1.165, 1.54) is 0 Å². The maximum Gasteiger partial charge on any atom is 0.187 e. The summed E-state index contributed by atoms with van der Waals surface area (Å²) in [5.41, 5.74) is 0.0632. The number of aliphatic hydroxyl groups excluding tert-OH is 5. The fourth-order valence-corrected chi connectivity index (χ4v) is 3.11. The van der Waals surface area contributed by atoms with Crippen LogP contribution >= 0.6 is 0 Å². The zero-order valence-corrected chi connectivity index (χ0v) is 13.8. The maximum absolute atomic E-state index is 10.3. The number of hydrogen-bond acceptors (Lipinski definition) is 7. The molecule has 1 saturated heterocycles. The highest BCUT2D eigenvalue weighted by molar-refractivity contribution is 5.19. The van der Waals surface area contributed by atoms with E-state index in [4.69, 9.17) is 9.47 Å². The molecule has 7 atom stereocenters. The van der Waals surface area contributed by atoms with Gasteiger partial charge < -0.3 is 35.0 Å². The normalized spacial score (nSPS) is 45.2. The van der Waals surface area contributed by atoms with Gasteiger partial charge in [0.05, 0.1) is 12.7 Å². The highest BCUT2D eigenvalue weighted by Gasteiger charge is 2.48. The largest absolute Gasteiger partial charge is 0.394 e. The predicted octanol–water partition coefficient (Wildman–Crippen LogP) is -0.701. The van der Waals surface area contributed by atoms with Crippen LogP contribution in [0.15, 0.2) is 11.6 Å². The van der Waals surface area contributed by atoms with E-state index in [1.54, 1.807) is 6.92 Å². The SMILES string of the molecule is CC(C)C1=C[C@](C)(O[C@@H]2O[C@H](CO)[C@@H](O)[C@H](O)[C@H]2O)[C@H](O)CC1. The summed E-state index contributed by atoms with van der Waals surface area (Å²) in [6, 6.07) is 0. The zero-order valence-electron chi connectivity index (χ0n) is 13.8. The number of allylic oxidation sites excluding steroid dienone is 1. The van der Waals surface area contributed by atoms with Crippen molar-refractivity contribution in [3.05, 3.63) is 11.6 Å². The highest BCUT2D eigenvalue weighted by Crippen LogP contribution is 2.36. The Hall–Kier alpha value is -0.540. The Balaban J connectivity index is 2.19. The van der Waals surface area contributed by atoms with E-state index in [2.05, 4.69) is 13.8 Å². The summed E-state index contributed by atoms with van der Waals surface area (Å²) in [6.45, 7) is 5.29. The van der Waals surface area contributed by atoms with Gasteiger partial charge in [0.15, 0.2) is 6.29 Å². The van der Waals surface area contributed by atoms with Gasteiger partial charge in [-0.1, -0.05) is 25.5 Å². The predicted molar refractivity (Wildman–Crippen MR) is 81.4 cm³/mol.